The summed E-state index contributed by atoms with van der Waals surface area (Å²) < 4.78 is 64.1. The van der Waals surface area contributed by atoms with Crippen LogP contribution in [0.5, 0.6) is 5.75 Å². The molecule has 1 saturated heterocycles. The number of benzene rings is 2. The Bertz CT molecular complexity index is 1570. The minimum absolute atomic E-state index is 0.0762. The molecular formula is C29H25F4N3O4. The summed E-state index contributed by atoms with van der Waals surface area (Å²) in [5.41, 5.74) is -2.78. The molecule has 0 spiro atoms. The van der Waals surface area contributed by atoms with Gasteiger partial charge in [0.25, 0.3) is 11.8 Å². The monoisotopic (exact) mass is 555 g/mol. The van der Waals surface area contributed by atoms with Crippen molar-refractivity contribution in [3.05, 3.63) is 98.7 Å². The van der Waals surface area contributed by atoms with Gasteiger partial charge in [0.1, 0.15) is 35.3 Å². The lowest BCUT2D eigenvalue weighted by molar-refractivity contribution is 0.000690. The van der Waals surface area contributed by atoms with Gasteiger partial charge in [-0.05, 0) is 31.2 Å². The molecule has 3 aromatic rings. The van der Waals surface area contributed by atoms with Crippen molar-refractivity contribution in [1.29, 1.82) is 0 Å². The van der Waals surface area contributed by atoms with Crippen molar-refractivity contribution in [2.24, 2.45) is 5.92 Å². The Morgan fingerprint density at radius 1 is 1.12 bits per heavy atom. The van der Waals surface area contributed by atoms with E-state index in [1.54, 1.807) is 30.3 Å². The van der Waals surface area contributed by atoms with Crippen LogP contribution in [0.25, 0.3) is 0 Å². The zero-order valence-electron chi connectivity index (χ0n) is 21.4. The Balaban J connectivity index is 1.37. The van der Waals surface area contributed by atoms with Gasteiger partial charge >= 0.3 is 0 Å². The number of nitrogens with zero attached hydrogens (tertiary/aromatic N) is 2. The van der Waals surface area contributed by atoms with Gasteiger partial charge in [0.15, 0.2) is 11.4 Å². The summed E-state index contributed by atoms with van der Waals surface area (Å²) >= 11 is 0. The van der Waals surface area contributed by atoms with E-state index in [9.17, 15) is 27.6 Å². The third-order valence-corrected chi connectivity index (χ3v) is 8.18. The molecule has 0 radical (unpaired) electrons. The molecule has 1 N–H and O–H groups in total. The van der Waals surface area contributed by atoms with Crippen LogP contribution in [-0.4, -0.2) is 39.0 Å². The molecule has 1 saturated carbocycles. The number of aromatic nitrogens is 1. The first-order valence-electron chi connectivity index (χ1n) is 12.9. The molecule has 1 aromatic heterocycles. The van der Waals surface area contributed by atoms with Crippen LogP contribution < -0.4 is 15.5 Å². The number of halogens is 4. The molecule has 2 aliphatic heterocycles. The molecule has 4 atom stereocenters. The first kappa shape index (κ1) is 26.1. The fraction of sp³-hybridized carbons (Fsp3) is 0.345. The van der Waals surface area contributed by atoms with Crippen LogP contribution in [0.3, 0.4) is 0 Å². The predicted octanol–water partition coefficient (Wildman–Crippen LogP) is 4.12. The normalized spacial score (nSPS) is 24.6. The number of rotatable bonds is 6. The number of alkyl halides is 1. The van der Waals surface area contributed by atoms with Gasteiger partial charge in [0.05, 0.1) is 12.1 Å². The number of carbonyl (C=O) groups is 2. The standard InChI is InChI=1S/C29H25F4N3O4/c1-29(33)10-16-7-23(29)36-22(16)13-35-12-19(27(38)34-11-18-20(31)8-17(30)9-21(18)32)25(37)26(24(35)28(36)39)40-14-15-5-3-2-4-6-15/h2-6,8-9,12,16,22-23H,7,10-11,13-14H2,1H3,(H,34,38)/t16-,22-,23+,29-/m0/s1. The van der Waals surface area contributed by atoms with Crippen molar-refractivity contribution < 1.29 is 31.9 Å². The second kappa shape index (κ2) is 9.50. The molecule has 2 fully saturated rings. The number of carbonyl (C=O) groups excluding carboxylic acids is 2. The summed E-state index contributed by atoms with van der Waals surface area (Å²) in [6.45, 7) is 0.980. The highest BCUT2D eigenvalue weighted by Crippen LogP contribution is 2.52. The molecule has 3 aliphatic rings. The zero-order valence-corrected chi connectivity index (χ0v) is 21.4. The van der Waals surface area contributed by atoms with Crippen molar-refractivity contribution >= 4 is 11.8 Å². The maximum absolute atomic E-state index is 15.2. The van der Waals surface area contributed by atoms with Crippen LogP contribution >= 0.6 is 0 Å². The van der Waals surface area contributed by atoms with Gasteiger partial charge in [0, 0.05) is 37.0 Å². The molecule has 2 aromatic carbocycles. The topological polar surface area (TPSA) is 80.6 Å². The highest BCUT2D eigenvalue weighted by Gasteiger charge is 2.61. The Morgan fingerprint density at radius 2 is 1.82 bits per heavy atom. The summed E-state index contributed by atoms with van der Waals surface area (Å²) in [5.74, 6) is -5.41. The number of pyridine rings is 1. The highest BCUT2D eigenvalue weighted by molar-refractivity contribution is 5.99. The molecule has 40 heavy (non-hydrogen) atoms. The van der Waals surface area contributed by atoms with E-state index in [2.05, 4.69) is 5.32 Å². The average Bonchev–Trinajstić information content (AvgIpc) is 3.42. The lowest BCUT2D eigenvalue weighted by Crippen LogP contribution is -2.58. The Labute approximate surface area is 226 Å². The molecule has 3 heterocycles. The summed E-state index contributed by atoms with van der Waals surface area (Å²) in [7, 11) is 0. The van der Waals surface area contributed by atoms with Crippen molar-refractivity contribution in [3.8, 4) is 5.75 Å². The number of fused-ring (bicyclic) bond motifs is 6. The Kier molecular flexibility index (Phi) is 6.19. The second-order valence-corrected chi connectivity index (χ2v) is 10.8. The summed E-state index contributed by atoms with van der Waals surface area (Å²) in [5, 5.41) is 2.31. The van der Waals surface area contributed by atoms with Gasteiger partial charge in [-0.25, -0.2) is 17.6 Å². The van der Waals surface area contributed by atoms with E-state index < -0.39 is 64.1 Å². The van der Waals surface area contributed by atoms with Gasteiger partial charge in [-0.2, -0.15) is 0 Å². The molecule has 6 rings (SSSR count). The van der Waals surface area contributed by atoms with Gasteiger partial charge in [0.2, 0.25) is 5.43 Å². The average molecular weight is 556 g/mol. The van der Waals surface area contributed by atoms with Crippen molar-refractivity contribution in [3.63, 3.8) is 0 Å². The number of amides is 2. The number of nitrogens with one attached hydrogen (secondary N) is 1. The Hall–Kier alpha value is -4.15. The number of hydrogen-bond donors (Lipinski definition) is 1. The fourth-order valence-electron chi connectivity index (χ4n) is 6.31. The quantitative estimate of drug-likeness (QED) is 0.465. The smallest absolute Gasteiger partial charge is 0.275 e. The maximum atomic E-state index is 15.2. The lowest BCUT2D eigenvalue weighted by Gasteiger charge is -2.45. The first-order chi connectivity index (χ1) is 19.0. The zero-order chi connectivity index (χ0) is 28.3. The lowest BCUT2D eigenvalue weighted by atomic mass is 9.89. The summed E-state index contributed by atoms with van der Waals surface area (Å²) in [6, 6.07) is 8.93. The molecule has 7 nitrogen and oxygen atoms in total. The van der Waals surface area contributed by atoms with Crippen molar-refractivity contribution in [2.75, 3.05) is 0 Å². The fourth-order valence-corrected chi connectivity index (χ4v) is 6.31. The molecule has 2 amide bonds. The van der Waals surface area contributed by atoms with E-state index in [-0.39, 0.29) is 36.6 Å². The predicted molar refractivity (Wildman–Crippen MR) is 135 cm³/mol. The molecule has 1 aliphatic carbocycles. The van der Waals surface area contributed by atoms with E-state index >= 15 is 4.39 Å². The van der Waals surface area contributed by atoms with E-state index in [4.69, 9.17) is 4.74 Å². The minimum Gasteiger partial charge on any atom is -0.483 e. The van der Waals surface area contributed by atoms with Gasteiger partial charge in [-0.1, -0.05) is 30.3 Å². The third-order valence-electron chi connectivity index (χ3n) is 8.18. The third kappa shape index (κ3) is 4.24. The molecule has 2 bridgehead atoms. The number of ether oxygens (including phenoxy) is 1. The van der Waals surface area contributed by atoms with E-state index in [1.807, 2.05) is 0 Å². The van der Waals surface area contributed by atoms with Gasteiger partial charge < -0.3 is 19.5 Å². The van der Waals surface area contributed by atoms with Crippen molar-refractivity contribution in [2.45, 2.75) is 57.2 Å². The van der Waals surface area contributed by atoms with Gasteiger partial charge in [-0.3, -0.25) is 14.4 Å². The van der Waals surface area contributed by atoms with Gasteiger partial charge in [-0.15, -0.1) is 0 Å². The van der Waals surface area contributed by atoms with E-state index in [0.717, 1.165) is 0 Å². The number of hydrogen-bond acceptors (Lipinski definition) is 4. The molecule has 11 heteroatoms. The molecule has 0 unspecified atom stereocenters. The largest absolute Gasteiger partial charge is 0.483 e. The first-order valence-corrected chi connectivity index (χ1v) is 12.9. The summed E-state index contributed by atoms with van der Waals surface area (Å²) in [6.07, 6.45) is 2.04. The minimum atomic E-state index is -1.55. The Morgan fingerprint density at radius 3 is 2.52 bits per heavy atom. The highest BCUT2D eigenvalue weighted by atomic mass is 19.2. The maximum Gasteiger partial charge on any atom is 0.275 e. The number of piperidine rings is 1. The van der Waals surface area contributed by atoms with Crippen LogP contribution in [0.4, 0.5) is 17.6 Å². The second-order valence-electron chi connectivity index (χ2n) is 10.8. The van der Waals surface area contributed by atoms with Crippen LogP contribution in [-0.2, 0) is 19.7 Å². The van der Waals surface area contributed by atoms with E-state index in [0.29, 0.717) is 30.5 Å². The molecule has 208 valence electrons. The van der Waals surface area contributed by atoms with E-state index in [1.165, 1.54) is 22.6 Å². The summed E-state index contributed by atoms with van der Waals surface area (Å²) in [4.78, 5) is 42.0. The van der Waals surface area contributed by atoms with Crippen LogP contribution in [0.1, 0.15) is 51.7 Å². The van der Waals surface area contributed by atoms with Crippen molar-refractivity contribution in [1.82, 2.24) is 14.8 Å². The van der Waals surface area contributed by atoms with Crippen LogP contribution in [0.2, 0.25) is 0 Å². The molecular weight excluding hydrogens is 530 g/mol. The van der Waals surface area contributed by atoms with Crippen LogP contribution in [0.15, 0.2) is 53.5 Å². The SMILES string of the molecule is C[C@]1(F)C[C@@H]2C[C@H]1N1C(=O)c3c(OCc4ccccc4)c(=O)c(C(=O)NCc4c(F)cc(F)cc4F)cn3C[C@@H]21. The van der Waals surface area contributed by atoms with Crippen LogP contribution in [0, 0.1) is 23.4 Å².